The van der Waals surface area contributed by atoms with Crippen molar-refractivity contribution in [3.63, 3.8) is 0 Å². The zero-order chi connectivity index (χ0) is 22.4. The summed E-state index contributed by atoms with van der Waals surface area (Å²) >= 11 is 1.57. The first-order valence-electron chi connectivity index (χ1n) is 10.2. The van der Waals surface area contributed by atoms with Crippen LogP contribution in [0.25, 0.3) is 0 Å². The van der Waals surface area contributed by atoms with Gasteiger partial charge in [-0.3, -0.25) is 19.3 Å². The summed E-state index contributed by atoms with van der Waals surface area (Å²) in [6, 6.07) is 11.0. The van der Waals surface area contributed by atoms with Gasteiger partial charge in [0, 0.05) is 50.6 Å². The molecule has 166 valence electrons. The maximum absolute atomic E-state index is 13.6. The van der Waals surface area contributed by atoms with Gasteiger partial charge in [-0.15, -0.1) is 11.3 Å². The molecule has 7 nitrogen and oxygen atoms in total. The number of amides is 3. The Kier molecular flexibility index (Phi) is 7.46. The van der Waals surface area contributed by atoms with Gasteiger partial charge in [-0.1, -0.05) is 24.3 Å². The highest BCUT2D eigenvalue weighted by atomic mass is 32.1. The quantitative estimate of drug-likeness (QED) is 0.416. The van der Waals surface area contributed by atoms with Crippen LogP contribution in [0.1, 0.15) is 29.7 Å². The Morgan fingerprint density at radius 2 is 1.97 bits per heavy atom. The highest BCUT2D eigenvalue weighted by Gasteiger charge is 2.54. The minimum atomic E-state index is -1.28. The number of nitrogens with zero attached hydrogens (tertiary/aromatic N) is 2. The molecule has 2 heterocycles. The predicted octanol–water partition coefficient (Wildman–Crippen LogP) is 2.84. The number of benzene rings is 1. The minimum Gasteiger partial charge on any atom is -0.496 e. The van der Waals surface area contributed by atoms with Gasteiger partial charge in [-0.2, -0.15) is 0 Å². The van der Waals surface area contributed by atoms with Crippen molar-refractivity contribution in [2.24, 2.45) is 0 Å². The van der Waals surface area contributed by atoms with Gasteiger partial charge < -0.3 is 14.4 Å². The number of rotatable bonds is 10. The SMILES string of the molecule is COCCCN1C(=O)C[C@@](CC(=O)N(C)Cc2cccs2)(c2ccccc2OC)C1=O. The molecule has 2 aromatic rings. The lowest BCUT2D eigenvalue weighted by molar-refractivity contribution is -0.142. The number of ether oxygens (including phenoxy) is 2. The number of imide groups is 1. The van der Waals surface area contributed by atoms with Crippen LogP contribution in [0.4, 0.5) is 0 Å². The third-order valence-electron chi connectivity index (χ3n) is 5.61. The molecule has 1 fully saturated rings. The third-order valence-corrected chi connectivity index (χ3v) is 6.47. The lowest BCUT2D eigenvalue weighted by Gasteiger charge is -2.30. The molecule has 1 aliphatic rings. The van der Waals surface area contributed by atoms with Crippen LogP contribution in [0.2, 0.25) is 0 Å². The van der Waals surface area contributed by atoms with E-state index in [-0.39, 0.29) is 37.1 Å². The van der Waals surface area contributed by atoms with Crippen LogP contribution < -0.4 is 4.74 Å². The van der Waals surface area contributed by atoms with E-state index in [0.29, 0.717) is 30.9 Å². The number of carbonyl (C=O) groups is 3. The van der Waals surface area contributed by atoms with Gasteiger partial charge in [0.1, 0.15) is 5.75 Å². The number of carbonyl (C=O) groups excluding carboxylic acids is 3. The standard InChI is InChI=1S/C23H28N2O5S/c1-24(16-17-8-6-13-31-17)20(26)14-23(18-9-4-5-10-19(18)30-3)15-21(27)25(22(23)28)11-7-12-29-2/h4-6,8-10,13H,7,11-12,14-16H2,1-3H3/t23-/m0/s1. The molecule has 31 heavy (non-hydrogen) atoms. The Balaban J connectivity index is 1.93. The second-order valence-electron chi connectivity index (χ2n) is 7.66. The Labute approximate surface area is 186 Å². The van der Waals surface area contributed by atoms with Gasteiger partial charge in [-0.25, -0.2) is 0 Å². The lowest BCUT2D eigenvalue weighted by atomic mass is 9.75. The van der Waals surface area contributed by atoms with Crippen LogP contribution in [-0.2, 0) is 31.1 Å². The molecule has 0 aliphatic carbocycles. The smallest absolute Gasteiger partial charge is 0.241 e. The summed E-state index contributed by atoms with van der Waals surface area (Å²) in [4.78, 5) is 43.6. The zero-order valence-corrected chi connectivity index (χ0v) is 18.9. The van der Waals surface area contributed by atoms with E-state index in [4.69, 9.17) is 9.47 Å². The molecule has 1 saturated heterocycles. The van der Waals surface area contributed by atoms with E-state index in [0.717, 1.165) is 4.88 Å². The average molecular weight is 445 g/mol. The first kappa shape index (κ1) is 23.0. The molecule has 0 bridgehead atoms. The molecule has 1 aromatic heterocycles. The number of para-hydroxylation sites is 1. The van der Waals surface area contributed by atoms with Crippen LogP contribution >= 0.6 is 11.3 Å². The van der Waals surface area contributed by atoms with Crippen molar-refractivity contribution in [3.05, 3.63) is 52.2 Å². The summed E-state index contributed by atoms with van der Waals surface area (Å²) < 4.78 is 10.6. The van der Waals surface area contributed by atoms with Crippen molar-refractivity contribution < 1.29 is 23.9 Å². The number of likely N-dealkylation sites (tertiary alicyclic amines) is 1. The third kappa shape index (κ3) is 4.80. The van der Waals surface area contributed by atoms with Gasteiger partial charge in [0.05, 0.1) is 19.1 Å². The lowest BCUT2D eigenvalue weighted by Crippen LogP contribution is -2.43. The number of hydrogen-bond donors (Lipinski definition) is 0. The van der Waals surface area contributed by atoms with Gasteiger partial charge in [-0.05, 0) is 23.9 Å². The summed E-state index contributed by atoms with van der Waals surface area (Å²) in [7, 11) is 4.82. The van der Waals surface area contributed by atoms with Crippen LogP contribution in [0.5, 0.6) is 5.75 Å². The molecule has 8 heteroatoms. The van der Waals surface area contributed by atoms with E-state index >= 15 is 0 Å². The molecule has 1 aromatic carbocycles. The molecule has 0 unspecified atom stereocenters. The molecule has 0 spiro atoms. The summed E-state index contributed by atoms with van der Waals surface area (Å²) in [5.41, 5.74) is -0.708. The van der Waals surface area contributed by atoms with Gasteiger partial charge in [0.2, 0.25) is 17.7 Å². The van der Waals surface area contributed by atoms with Crippen LogP contribution in [0.15, 0.2) is 41.8 Å². The maximum Gasteiger partial charge on any atom is 0.241 e. The minimum absolute atomic E-state index is 0.0578. The largest absolute Gasteiger partial charge is 0.496 e. The Morgan fingerprint density at radius 1 is 1.19 bits per heavy atom. The fourth-order valence-corrected chi connectivity index (χ4v) is 4.75. The van der Waals surface area contributed by atoms with Gasteiger partial charge in [0.15, 0.2) is 0 Å². The number of thiophene rings is 1. The van der Waals surface area contributed by atoms with Gasteiger partial charge in [0.25, 0.3) is 0 Å². The summed E-state index contributed by atoms with van der Waals surface area (Å²) in [6.07, 6.45) is 0.389. The maximum atomic E-state index is 13.6. The fourth-order valence-electron chi connectivity index (χ4n) is 4.00. The second kappa shape index (κ2) is 10.1. The normalized spacial score (nSPS) is 18.5. The molecule has 3 amide bonds. The number of methoxy groups -OCH3 is 2. The van der Waals surface area contributed by atoms with E-state index in [1.54, 1.807) is 54.7 Å². The first-order valence-corrected chi connectivity index (χ1v) is 11.0. The van der Waals surface area contributed by atoms with Crippen LogP contribution in [0, 0.1) is 0 Å². The summed E-state index contributed by atoms with van der Waals surface area (Å²) in [5.74, 6) is -0.327. The molecule has 0 radical (unpaired) electrons. The molecule has 0 N–H and O–H groups in total. The Hall–Kier alpha value is -2.71. The number of hydrogen-bond acceptors (Lipinski definition) is 6. The average Bonchev–Trinajstić information content (AvgIpc) is 3.36. The van der Waals surface area contributed by atoms with E-state index in [1.807, 2.05) is 17.5 Å². The molecule has 1 aliphatic heterocycles. The molecule has 1 atom stereocenters. The molecule has 3 rings (SSSR count). The summed E-state index contributed by atoms with van der Waals surface area (Å²) in [6.45, 7) is 1.17. The molecular formula is C23H28N2O5S. The topological polar surface area (TPSA) is 76.2 Å². The van der Waals surface area contributed by atoms with E-state index in [2.05, 4.69) is 0 Å². The Morgan fingerprint density at radius 3 is 2.65 bits per heavy atom. The van der Waals surface area contributed by atoms with Gasteiger partial charge >= 0.3 is 0 Å². The van der Waals surface area contributed by atoms with E-state index < -0.39 is 5.41 Å². The van der Waals surface area contributed by atoms with E-state index in [1.165, 1.54) is 12.0 Å². The van der Waals surface area contributed by atoms with Crippen molar-refractivity contribution in [1.29, 1.82) is 0 Å². The van der Waals surface area contributed by atoms with Crippen molar-refractivity contribution in [1.82, 2.24) is 9.80 Å². The van der Waals surface area contributed by atoms with Crippen molar-refractivity contribution >= 4 is 29.1 Å². The highest BCUT2D eigenvalue weighted by Crippen LogP contribution is 2.44. The second-order valence-corrected chi connectivity index (χ2v) is 8.69. The first-order chi connectivity index (χ1) is 14.9. The monoisotopic (exact) mass is 444 g/mol. The van der Waals surface area contributed by atoms with Crippen LogP contribution in [-0.4, -0.2) is 61.9 Å². The fraction of sp³-hybridized carbons (Fsp3) is 0.435. The predicted molar refractivity (Wildman–Crippen MR) is 118 cm³/mol. The van der Waals surface area contributed by atoms with Crippen molar-refractivity contribution in [2.45, 2.75) is 31.2 Å². The Bertz CT molecular complexity index is 930. The van der Waals surface area contributed by atoms with Crippen molar-refractivity contribution in [3.8, 4) is 5.75 Å². The summed E-state index contributed by atoms with van der Waals surface area (Å²) in [5, 5.41) is 1.96. The zero-order valence-electron chi connectivity index (χ0n) is 18.1. The molecular weight excluding hydrogens is 416 g/mol. The highest BCUT2D eigenvalue weighted by molar-refractivity contribution is 7.09. The van der Waals surface area contributed by atoms with E-state index in [9.17, 15) is 14.4 Å². The molecule has 0 saturated carbocycles. The van der Waals surface area contributed by atoms with Crippen molar-refractivity contribution in [2.75, 3.05) is 34.4 Å². The van der Waals surface area contributed by atoms with Crippen LogP contribution in [0.3, 0.4) is 0 Å².